The minimum atomic E-state index is -3.51. The number of sulfonamides is 1. The van der Waals surface area contributed by atoms with Gasteiger partial charge in [0.2, 0.25) is 10.0 Å². The molecule has 0 saturated carbocycles. The Bertz CT molecular complexity index is 556. The lowest BCUT2D eigenvalue weighted by atomic mass is 10.2. The molecule has 0 spiro atoms. The van der Waals surface area contributed by atoms with Gasteiger partial charge in [0, 0.05) is 13.1 Å². The number of aliphatic hydroxyl groups excluding tert-OH is 1. The monoisotopic (exact) mass is 285 g/mol. The van der Waals surface area contributed by atoms with Gasteiger partial charge in [0.05, 0.1) is 17.6 Å². The van der Waals surface area contributed by atoms with Crippen LogP contribution in [0.1, 0.15) is 18.9 Å². The molecule has 1 aromatic rings. The molecule has 1 aliphatic rings. The molecular formula is C13H19NO4S. The second kappa shape index (κ2) is 5.48. The van der Waals surface area contributed by atoms with Crippen LogP contribution in [0.15, 0.2) is 23.1 Å². The van der Waals surface area contributed by atoms with E-state index in [0.29, 0.717) is 25.3 Å². The number of hydrogen-bond donors (Lipinski definition) is 1. The maximum Gasteiger partial charge on any atom is 0.243 e. The molecule has 106 valence electrons. The van der Waals surface area contributed by atoms with Crippen molar-refractivity contribution in [3.05, 3.63) is 23.8 Å². The van der Waals surface area contributed by atoms with Gasteiger partial charge >= 0.3 is 0 Å². The summed E-state index contributed by atoms with van der Waals surface area (Å²) in [5.41, 5.74) is 0.794. The first-order valence-corrected chi connectivity index (χ1v) is 7.81. The van der Waals surface area contributed by atoms with Gasteiger partial charge in [-0.05, 0) is 44.0 Å². The van der Waals surface area contributed by atoms with Crippen LogP contribution < -0.4 is 4.74 Å². The Hall–Kier alpha value is -1.11. The van der Waals surface area contributed by atoms with E-state index >= 15 is 0 Å². The third kappa shape index (κ3) is 2.91. The van der Waals surface area contributed by atoms with E-state index in [-0.39, 0.29) is 11.4 Å². The third-order valence-electron chi connectivity index (χ3n) is 3.21. The summed E-state index contributed by atoms with van der Waals surface area (Å²) in [5, 5.41) is 9.45. The van der Waals surface area contributed by atoms with E-state index in [4.69, 9.17) is 4.74 Å². The molecule has 1 aliphatic heterocycles. The van der Waals surface area contributed by atoms with Crippen molar-refractivity contribution in [3.63, 3.8) is 0 Å². The fourth-order valence-corrected chi connectivity index (χ4v) is 3.76. The molecule has 0 aliphatic carbocycles. The first-order valence-electron chi connectivity index (χ1n) is 6.37. The molecule has 1 heterocycles. The van der Waals surface area contributed by atoms with Gasteiger partial charge < -0.3 is 9.84 Å². The van der Waals surface area contributed by atoms with Crippen LogP contribution in [0.4, 0.5) is 0 Å². The zero-order valence-corrected chi connectivity index (χ0v) is 12.0. The molecule has 0 radical (unpaired) electrons. The Morgan fingerprint density at radius 2 is 2.21 bits per heavy atom. The van der Waals surface area contributed by atoms with Gasteiger partial charge in [0.1, 0.15) is 5.75 Å². The van der Waals surface area contributed by atoms with Crippen LogP contribution in [0.5, 0.6) is 5.75 Å². The topological polar surface area (TPSA) is 66.8 Å². The second-order valence-electron chi connectivity index (χ2n) is 4.67. The van der Waals surface area contributed by atoms with Crippen molar-refractivity contribution < 1.29 is 18.3 Å². The molecule has 2 rings (SSSR count). The Kier molecular flexibility index (Phi) is 4.13. The van der Waals surface area contributed by atoms with Gasteiger partial charge in [0.15, 0.2) is 0 Å². The molecule has 19 heavy (non-hydrogen) atoms. The summed E-state index contributed by atoms with van der Waals surface area (Å²) in [6, 6.07) is 4.85. The van der Waals surface area contributed by atoms with Crippen LogP contribution in [0.2, 0.25) is 0 Å². The van der Waals surface area contributed by atoms with Crippen molar-refractivity contribution in [2.45, 2.75) is 31.3 Å². The molecule has 0 unspecified atom stereocenters. The van der Waals surface area contributed by atoms with Crippen molar-refractivity contribution in [3.8, 4) is 5.75 Å². The number of aliphatic hydroxyl groups is 1. The molecule has 0 aromatic heterocycles. The normalized spacial score (nSPS) is 20.7. The van der Waals surface area contributed by atoms with E-state index in [9.17, 15) is 13.5 Å². The summed E-state index contributed by atoms with van der Waals surface area (Å²) >= 11 is 0. The summed E-state index contributed by atoms with van der Waals surface area (Å²) in [4.78, 5) is 0.252. The number of benzene rings is 1. The maximum atomic E-state index is 12.4. The minimum Gasteiger partial charge on any atom is -0.494 e. The number of ether oxygens (including phenoxy) is 1. The molecule has 1 atom stereocenters. The van der Waals surface area contributed by atoms with E-state index in [0.717, 1.165) is 5.56 Å². The Morgan fingerprint density at radius 1 is 1.47 bits per heavy atom. The first kappa shape index (κ1) is 14.3. The second-order valence-corrected chi connectivity index (χ2v) is 6.60. The zero-order valence-electron chi connectivity index (χ0n) is 11.2. The molecule has 1 saturated heterocycles. The minimum absolute atomic E-state index is 0.175. The quantitative estimate of drug-likeness (QED) is 0.901. The van der Waals surface area contributed by atoms with E-state index in [2.05, 4.69) is 0 Å². The van der Waals surface area contributed by atoms with E-state index < -0.39 is 16.1 Å². The lowest BCUT2D eigenvalue weighted by Crippen LogP contribution is -2.29. The number of aryl methyl sites for hydroxylation is 1. The van der Waals surface area contributed by atoms with Gasteiger partial charge in [0.25, 0.3) is 0 Å². The predicted molar refractivity (Wildman–Crippen MR) is 71.7 cm³/mol. The van der Waals surface area contributed by atoms with Crippen LogP contribution >= 0.6 is 0 Å². The largest absolute Gasteiger partial charge is 0.494 e. The standard InChI is InChI=1S/C13H19NO4S/c1-3-18-13-5-4-12(8-10(13)2)19(16,17)14-7-6-11(15)9-14/h4-5,8,11,15H,3,6-7,9H2,1-2H3/t11-/m1/s1. The van der Waals surface area contributed by atoms with E-state index in [1.165, 1.54) is 4.31 Å². The summed E-state index contributed by atoms with van der Waals surface area (Å²) in [7, 11) is -3.51. The van der Waals surface area contributed by atoms with Gasteiger partial charge in [-0.15, -0.1) is 0 Å². The Morgan fingerprint density at radius 3 is 2.74 bits per heavy atom. The van der Waals surface area contributed by atoms with Crippen LogP contribution in [0, 0.1) is 6.92 Å². The molecular weight excluding hydrogens is 266 g/mol. The Labute approximate surface area is 113 Å². The van der Waals surface area contributed by atoms with E-state index in [1.54, 1.807) is 18.2 Å². The number of hydrogen-bond acceptors (Lipinski definition) is 4. The maximum absolute atomic E-state index is 12.4. The van der Waals surface area contributed by atoms with E-state index in [1.807, 2.05) is 13.8 Å². The first-order chi connectivity index (χ1) is 8.95. The molecule has 1 aromatic carbocycles. The molecule has 1 fully saturated rings. The predicted octanol–water partition coefficient (Wildman–Crippen LogP) is 1.15. The van der Waals surface area contributed by atoms with Gasteiger partial charge in [-0.1, -0.05) is 0 Å². The molecule has 0 bridgehead atoms. The summed E-state index contributed by atoms with van der Waals surface area (Å²) < 4.78 is 31.5. The molecule has 1 N–H and O–H groups in total. The summed E-state index contributed by atoms with van der Waals surface area (Å²) in [5.74, 6) is 0.697. The molecule has 0 amide bonds. The fraction of sp³-hybridized carbons (Fsp3) is 0.538. The average Bonchev–Trinajstić information content (AvgIpc) is 2.79. The van der Waals surface area contributed by atoms with Gasteiger partial charge in [-0.25, -0.2) is 8.42 Å². The van der Waals surface area contributed by atoms with Crippen LogP contribution in [0.25, 0.3) is 0 Å². The zero-order chi connectivity index (χ0) is 14.0. The van der Waals surface area contributed by atoms with Crippen LogP contribution in [0.3, 0.4) is 0 Å². The molecule has 5 nitrogen and oxygen atoms in total. The Balaban J connectivity index is 2.28. The van der Waals surface area contributed by atoms with Crippen LogP contribution in [-0.2, 0) is 10.0 Å². The lowest BCUT2D eigenvalue weighted by Gasteiger charge is -2.17. The summed E-state index contributed by atoms with van der Waals surface area (Å²) in [6.45, 7) is 4.80. The highest BCUT2D eigenvalue weighted by Crippen LogP contribution is 2.26. The highest BCUT2D eigenvalue weighted by Gasteiger charge is 2.31. The lowest BCUT2D eigenvalue weighted by molar-refractivity contribution is 0.189. The van der Waals surface area contributed by atoms with Crippen LogP contribution in [-0.4, -0.2) is 43.6 Å². The van der Waals surface area contributed by atoms with Gasteiger partial charge in [-0.3, -0.25) is 0 Å². The van der Waals surface area contributed by atoms with Crippen molar-refractivity contribution in [2.24, 2.45) is 0 Å². The molecule has 6 heteroatoms. The number of β-amino-alcohol motifs (C(OH)–C–C–N with tert-alkyl or cyclic N) is 1. The highest BCUT2D eigenvalue weighted by atomic mass is 32.2. The number of nitrogens with zero attached hydrogens (tertiary/aromatic N) is 1. The van der Waals surface area contributed by atoms with Crippen molar-refractivity contribution >= 4 is 10.0 Å². The van der Waals surface area contributed by atoms with Crippen molar-refractivity contribution in [2.75, 3.05) is 19.7 Å². The highest BCUT2D eigenvalue weighted by molar-refractivity contribution is 7.89. The van der Waals surface area contributed by atoms with Crippen molar-refractivity contribution in [1.82, 2.24) is 4.31 Å². The van der Waals surface area contributed by atoms with Crippen molar-refractivity contribution in [1.29, 1.82) is 0 Å². The summed E-state index contributed by atoms with van der Waals surface area (Å²) in [6.07, 6.45) is -0.0616. The van der Waals surface area contributed by atoms with Gasteiger partial charge in [-0.2, -0.15) is 4.31 Å². The number of rotatable bonds is 4. The SMILES string of the molecule is CCOc1ccc(S(=O)(=O)N2CC[C@@H](O)C2)cc1C. The fourth-order valence-electron chi connectivity index (χ4n) is 2.18. The average molecular weight is 285 g/mol. The third-order valence-corrected chi connectivity index (χ3v) is 5.07. The smallest absolute Gasteiger partial charge is 0.243 e.